The first-order chi connectivity index (χ1) is 9.22. The lowest BCUT2D eigenvalue weighted by Crippen LogP contribution is -2.29. The standard InChI is InChI=1S/C14H16N2O3/c1-2-19-14(18)9-16(10-17)8-12-7-11-5-3-4-6-13(11)15-12/h3-7,10,15H,2,8-9H2,1H3. The smallest absolute Gasteiger partial charge is 0.325 e. The summed E-state index contributed by atoms with van der Waals surface area (Å²) < 4.78 is 4.82. The fourth-order valence-electron chi connectivity index (χ4n) is 1.94. The van der Waals surface area contributed by atoms with E-state index in [1.54, 1.807) is 6.92 Å². The van der Waals surface area contributed by atoms with Gasteiger partial charge in [-0.15, -0.1) is 0 Å². The molecular formula is C14H16N2O3. The number of ether oxygens (including phenoxy) is 1. The number of amides is 1. The Balaban J connectivity index is 2.05. The van der Waals surface area contributed by atoms with Crippen molar-refractivity contribution in [1.82, 2.24) is 9.88 Å². The van der Waals surface area contributed by atoms with E-state index in [1.165, 1.54) is 4.90 Å². The molecule has 5 nitrogen and oxygen atoms in total. The molecule has 1 amide bonds. The van der Waals surface area contributed by atoms with E-state index in [1.807, 2.05) is 30.3 Å². The predicted octanol–water partition coefficient (Wildman–Crippen LogP) is 1.69. The van der Waals surface area contributed by atoms with Crippen molar-refractivity contribution in [1.29, 1.82) is 0 Å². The van der Waals surface area contributed by atoms with Crippen LogP contribution in [0, 0.1) is 0 Å². The van der Waals surface area contributed by atoms with Gasteiger partial charge >= 0.3 is 5.97 Å². The molecule has 0 saturated carbocycles. The van der Waals surface area contributed by atoms with Gasteiger partial charge < -0.3 is 14.6 Å². The Labute approximate surface area is 111 Å². The molecule has 0 unspecified atom stereocenters. The molecule has 1 aromatic heterocycles. The van der Waals surface area contributed by atoms with E-state index < -0.39 is 5.97 Å². The maximum absolute atomic E-state index is 11.3. The first kappa shape index (κ1) is 13.1. The molecule has 1 N–H and O–H groups in total. The highest BCUT2D eigenvalue weighted by Gasteiger charge is 2.11. The van der Waals surface area contributed by atoms with Gasteiger partial charge in [0, 0.05) is 11.2 Å². The summed E-state index contributed by atoms with van der Waals surface area (Å²) in [5.74, 6) is -0.397. The highest BCUT2D eigenvalue weighted by molar-refractivity contribution is 5.80. The number of esters is 1. The summed E-state index contributed by atoms with van der Waals surface area (Å²) in [5.41, 5.74) is 1.90. The number of para-hydroxylation sites is 1. The van der Waals surface area contributed by atoms with Gasteiger partial charge in [0.2, 0.25) is 6.41 Å². The van der Waals surface area contributed by atoms with Crippen molar-refractivity contribution < 1.29 is 14.3 Å². The van der Waals surface area contributed by atoms with Crippen LogP contribution in [0.15, 0.2) is 30.3 Å². The number of fused-ring (bicyclic) bond motifs is 1. The first-order valence-corrected chi connectivity index (χ1v) is 6.14. The molecule has 1 aromatic carbocycles. The van der Waals surface area contributed by atoms with Gasteiger partial charge in [0.05, 0.1) is 13.2 Å². The van der Waals surface area contributed by atoms with Crippen LogP contribution in [-0.2, 0) is 20.9 Å². The molecule has 1 heterocycles. The van der Waals surface area contributed by atoms with Gasteiger partial charge in [0.25, 0.3) is 0 Å². The van der Waals surface area contributed by atoms with Crippen molar-refractivity contribution in [2.75, 3.05) is 13.2 Å². The van der Waals surface area contributed by atoms with Crippen LogP contribution in [0.5, 0.6) is 0 Å². The van der Waals surface area contributed by atoms with Gasteiger partial charge in [-0.25, -0.2) is 0 Å². The third kappa shape index (κ3) is 3.34. The lowest BCUT2D eigenvalue weighted by atomic mass is 10.2. The topological polar surface area (TPSA) is 62.4 Å². The minimum Gasteiger partial charge on any atom is -0.465 e. The van der Waals surface area contributed by atoms with Gasteiger partial charge in [-0.05, 0) is 24.4 Å². The van der Waals surface area contributed by atoms with E-state index in [0.29, 0.717) is 19.6 Å². The quantitative estimate of drug-likeness (QED) is 0.635. The van der Waals surface area contributed by atoms with Crippen LogP contribution in [0.25, 0.3) is 10.9 Å². The van der Waals surface area contributed by atoms with Crippen LogP contribution in [0.4, 0.5) is 0 Å². The van der Waals surface area contributed by atoms with Gasteiger partial charge in [0.15, 0.2) is 0 Å². The summed E-state index contributed by atoms with van der Waals surface area (Å²) in [5, 5.41) is 1.08. The van der Waals surface area contributed by atoms with Crippen molar-refractivity contribution >= 4 is 23.3 Å². The molecule has 5 heteroatoms. The number of carbonyl (C=O) groups excluding carboxylic acids is 2. The summed E-state index contributed by atoms with van der Waals surface area (Å²) in [6.45, 7) is 2.38. The largest absolute Gasteiger partial charge is 0.465 e. The van der Waals surface area contributed by atoms with Crippen LogP contribution in [0.1, 0.15) is 12.6 Å². The Bertz CT molecular complexity index is 544. The van der Waals surface area contributed by atoms with Crippen LogP contribution in [0.2, 0.25) is 0 Å². The number of aromatic nitrogens is 1. The minimum atomic E-state index is -0.397. The highest BCUT2D eigenvalue weighted by Crippen LogP contribution is 2.15. The number of carbonyl (C=O) groups is 2. The van der Waals surface area contributed by atoms with Crippen LogP contribution < -0.4 is 0 Å². The Morgan fingerprint density at radius 2 is 2.21 bits per heavy atom. The van der Waals surface area contributed by atoms with Crippen molar-refractivity contribution in [2.24, 2.45) is 0 Å². The molecule has 0 aliphatic heterocycles. The lowest BCUT2D eigenvalue weighted by Gasteiger charge is -2.14. The second kappa shape index (κ2) is 6.04. The second-order valence-corrected chi connectivity index (χ2v) is 4.20. The molecule has 2 aromatic rings. The normalized spacial score (nSPS) is 10.4. The molecule has 0 aliphatic rings. The van der Waals surface area contributed by atoms with Crippen molar-refractivity contribution in [3.05, 3.63) is 36.0 Å². The number of benzene rings is 1. The summed E-state index contributed by atoms with van der Waals surface area (Å²) in [6, 6.07) is 9.83. The fourth-order valence-corrected chi connectivity index (χ4v) is 1.94. The number of hydrogen-bond donors (Lipinski definition) is 1. The Morgan fingerprint density at radius 3 is 2.89 bits per heavy atom. The maximum Gasteiger partial charge on any atom is 0.325 e. The zero-order chi connectivity index (χ0) is 13.7. The van der Waals surface area contributed by atoms with E-state index in [2.05, 4.69) is 4.98 Å². The Kier molecular flexibility index (Phi) is 4.18. The molecule has 0 saturated heterocycles. The second-order valence-electron chi connectivity index (χ2n) is 4.20. The number of nitrogens with one attached hydrogen (secondary N) is 1. The first-order valence-electron chi connectivity index (χ1n) is 6.14. The summed E-state index contributed by atoms with van der Waals surface area (Å²) in [4.78, 5) is 26.9. The summed E-state index contributed by atoms with van der Waals surface area (Å²) in [7, 11) is 0. The van der Waals surface area contributed by atoms with Crippen molar-refractivity contribution in [3.8, 4) is 0 Å². The Morgan fingerprint density at radius 1 is 1.42 bits per heavy atom. The fraction of sp³-hybridized carbons (Fsp3) is 0.286. The van der Waals surface area contributed by atoms with Crippen molar-refractivity contribution in [2.45, 2.75) is 13.5 Å². The van der Waals surface area contributed by atoms with Crippen molar-refractivity contribution in [3.63, 3.8) is 0 Å². The van der Waals surface area contributed by atoms with E-state index in [4.69, 9.17) is 4.74 Å². The number of hydrogen-bond acceptors (Lipinski definition) is 3. The molecule has 2 rings (SSSR count). The maximum atomic E-state index is 11.3. The summed E-state index contributed by atoms with van der Waals surface area (Å²) >= 11 is 0. The molecule has 0 radical (unpaired) electrons. The number of aromatic amines is 1. The zero-order valence-electron chi connectivity index (χ0n) is 10.8. The molecular weight excluding hydrogens is 244 g/mol. The molecule has 0 fully saturated rings. The molecule has 0 aliphatic carbocycles. The average Bonchev–Trinajstić information content (AvgIpc) is 2.80. The number of rotatable bonds is 6. The summed E-state index contributed by atoms with van der Waals surface area (Å²) in [6.07, 6.45) is 0.655. The predicted molar refractivity (Wildman–Crippen MR) is 71.4 cm³/mol. The zero-order valence-corrected chi connectivity index (χ0v) is 10.8. The third-order valence-electron chi connectivity index (χ3n) is 2.75. The van der Waals surface area contributed by atoms with E-state index in [0.717, 1.165) is 16.6 Å². The van der Waals surface area contributed by atoms with Gasteiger partial charge in [-0.1, -0.05) is 18.2 Å². The molecule has 100 valence electrons. The van der Waals surface area contributed by atoms with Crippen LogP contribution >= 0.6 is 0 Å². The third-order valence-corrected chi connectivity index (χ3v) is 2.75. The van der Waals surface area contributed by atoms with Gasteiger partial charge in [-0.2, -0.15) is 0 Å². The molecule has 19 heavy (non-hydrogen) atoms. The lowest BCUT2D eigenvalue weighted by molar-refractivity contribution is -0.146. The van der Waals surface area contributed by atoms with Crippen LogP contribution in [0.3, 0.4) is 0 Å². The van der Waals surface area contributed by atoms with Gasteiger partial charge in [-0.3, -0.25) is 9.59 Å². The van der Waals surface area contributed by atoms with E-state index in [-0.39, 0.29) is 6.54 Å². The SMILES string of the molecule is CCOC(=O)CN(C=O)Cc1cc2ccccc2[nH]1. The highest BCUT2D eigenvalue weighted by atomic mass is 16.5. The van der Waals surface area contributed by atoms with E-state index in [9.17, 15) is 9.59 Å². The number of H-pyrrole nitrogens is 1. The number of nitrogens with zero attached hydrogens (tertiary/aromatic N) is 1. The monoisotopic (exact) mass is 260 g/mol. The minimum absolute atomic E-state index is 0.0350. The van der Waals surface area contributed by atoms with Gasteiger partial charge in [0.1, 0.15) is 6.54 Å². The molecule has 0 spiro atoms. The molecule has 0 atom stereocenters. The van der Waals surface area contributed by atoms with Crippen LogP contribution in [-0.4, -0.2) is 35.4 Å². The van der Waals surface area contributed by atoms with E-state index >= 15 is 0 Å². The Hall–Kier alpha value is -2.30. The molecule has 0 bridgehead atoms. The average molecular weight is 260 g/mol.